The molecule has 0 fully saturated rings. The van der Waals surface area contributed by atoms with Gasteiger partial charge in [-0.2, -0.15) is 0 Å². The van der Waals surface area contributed by atoms with Crippen LogP contribution >= 0.6 is 0 Å². The highest BCUT2D eigenvalue weighted by Crippen LogP contribution is 2.35. The average Bonchev–Trinajstić information content (AvgIpc) is 2.54. The molecule has 5 nitrogen and oxygen atoms in total. The molecule has 0 saturated carbocycles. The molecule has 1 aromatic carbocycles. The molecular weight excluding hydrogens is 280 g/mol. The van der Waals surface area contributed by atoms with E-state index in [4.69, 9.17) is 9.47 Å². The maximum Gasteiger partial charge on any atom is 0.230 e. The Morgan fingerprint density at radius 2 is 1.86 bits per heavy atom. The highest BCUT2D eigenvalue weighted by atomic mass is 16.6. The normalized spacial score (nSPS) is 13.8. The van der Waals surface area contributed by atoms with Crippen LogP contribution in [-0.4, -0.2) is 38.8 Å². The highest BCUT2D eigenvalue weighted by molar-refractivity contribution is 5.87. The summed E-state index contributed by atoms with van der Waals surface area (Å²) in [5.74, 6) is 1.48. The lowest BCUT2D eigenvalue weighted by Crippen LogP contribution is -2.42. The van der Waals surface area contributed by atoms with E-state index in [1.165, 1.54) is 0 Å². The minimum atomic E-state index is -0.611. The molecule has 1 heterocycles. The number of benzene rings is 1. The minimum absolute atomic E-state index is 0.0162. The van der Waals surface area contributed by atoms with Gasteiger partial charge in [0.25, 0.3) is 0 Å². The van der Waals surface area contributed by atoms with Crippen LogP contribution in [0.4, 0.5) is 0 Å². The molecule has 22 heavy (non-hydrogen) atoms. The largest absolute Gasteiger partial charge is 0.486 e. The Bertz CT molecular complexity index is 515. The van der Waals surface area contributed by atoms with Crippen molar-refractivity contribution in [3.05, 3.63) is 23.8 Å². The Morgan fingerprint density at radius 1 is 1.14 bits per heavy atom. The molecule has 1 aromatic rings. The van der Waals surface area contributed by atoms with Crippen molar-refractivity contribution in [3.63, 3.8) is 0 Å². The summed E-state index contributed by atoms with van der Waals surface area (Å²) in [6.07, 6.45) is 1.09. The van der Waals surface area contributed by atoms with Crippen molar-refractivity contribution in [2.75, 3.05) is 32.8 Å². The van der Waals surface area contributed by atoms with Gasteiger partial charge in [-0.15, -0.1) is 0 Å². The molecule has 0 bridgehead atoms. The van der Waals surface area contributed by atoms with Crippen molar-refractivity contribution in [1.29, 1.82) is 0 Å². The zero-order chi connectivity index (χ0) is 16.0. The summed E-state index contributed by atoms with van der Waals surface area (Å²) in [6, 6.07) is 5.72. The number of amides is 1. The summed E-state index contributed by atoms with van der Waals surface area (Å²) in [5.41, 5.74) is 0.316. The third kappa shape index (κ3) is 3.91. The number of nitrogens with one attached hydrogen (secondary N) is 2. The predicted molar refractivity (Wildman–Crippen MR) is 86.6 cm³/mol. The fourth-order valence-corrected chi connectivity index (χ4v) is 2.35. The molecule has 0 unspecified atom stereocenters. The minimum Gasteiger partial charge on any atom is -0.486 e. The molecule has 1 aliphatic heterocycles. The molecule has 1 aliphatic rings. The second kappa shape index (κ2) is 7.49. The third-order valence-corrected chi connectivity index (χ3v) is 3.85. The van der Waals surface area contributed by atoms with Crippen molar-refractivity contribution in [2.45, 2.75) is 32.6 Å². The number of ether oxygens (including phenoxy) is 2. The maximum absolute atomic E-state index is 12.5. The molecule has 0 spiro atoms. The van der Waals surface area contributed by atoms with Crippen molar-refractivity contribution in [1.82, 2.24) is 10.6 Å². The first-order chi connectivity index (χ1) is 10.6. The van der Waals surface area contributed by atoms with Crippen LogP contribution in [0.2, 0.25) is 0 Å². The van der Waals surface area contributed by atoms with E-state index in [0.29, 0.717) is 25.5 Å². The van der Waals surface area contributed by atoms with Gasteiger partial charge in [0.05, 0.1) is 5.41 Å². The molecule has 0 atom stereocenters. The summed E-state index contributed by atoms with van der Waals surface area (Å²) in [6.45, 7) is 9.48. The molecule has 2 rings (SSSR count). The molecule has 0 radical (unpaired) electrons. The van der Waals surface area contributed by atoms with Gasteiger partial charge in [0.15, 0.2) is 11.5 Å². The quantitative estimate of drug-likeness (QED) is 0.755. The first-order valence-electron chi connectivity index (χ1n) is 7.95. The van der Waals surface area contributed by atoms with E-state index in [-0.39, 0.29) is 5.91 Å². The van der Waals surface area contributed by atoms with Crippen molar-refractivity contribution < 1.29 is 14.3 Å². The van der Waals surface area contributed by atoms with Crippen LogP contribution in [0.1, 0.15) is 32.8 Å². The molecule has 5 heteroatoms. The van der Waals surface area contributed by atoms with Crippen LogP contribution in [-0.2, 0) is 10.2 Å². The Morgan fingerprint density at radius 3 is 2.59 bits per heavy atom. The first-order valence-corrected chi connectivity index (χ1v) is 7.95. The van der Waals surface area contributed by atoms with E-state index < -0.39 is 5.41 Å². The lowest BCUT2D eigenvalue weighted by Gasteiger charge is -2.26. The van der Waals surface area contributed by atoms with Crippen molar-refractivity contribution in [2.24, 2.45) is 0 Å². The lowest BCUT2D eigenvalue weighted by atomic mass is 9.83. The van der Waals surface area contributed by atoms with E-state index in [9.17, 15) is 4.79 Å². The van der Waals surface area contributed by atoms with E-state index in [1.807, 2.05) is 32.0 Å². The zero-order valence-corrected chi connectivity index (χ0v) is 13.7. The van der Waals surface area contributed by atoms with E-state index in [2.05, 4.69) is 17.6 Å². The van der Waals surface area contributed by atoms with Gasteiger partial charge in [-0.25, -0.2) is 0 Å². The molecule has 122 valence electrons. The summed E-state index contributed by atoms with van der Waals surface area (Å²) < 4.78 is 11.1. The van der Waals surface area contributed by atoms with Crippen LogP contribution in [0.25, 0.3) is 0 Å². The third-order valence-electron chi connectivity index (χ3n) is 3.85. The van der Waals surface area contributed by atoms with Gasteiger partial charge in [0.2, 0.25) is 5.91 Å². The van der Waals surface area contributed by atoms with Crippen molar-refractivity contribution in [3.8, 4) is 11.5 Å². The topological polar surface area (TPSA) is 59.6 Å². The zero-order valence-electron chi connectivity index (χ0n) is 13.7. The first kappa shape index (κ1) is 16.6. The van der Waals surface area contributed by atoms with Gasteiger partial charge in [-0.1, -0.05) is 13.0 Å². The second-order valence-electron chi connectivity index (χ2n) is 5.99. The number of hydrogen-bond donors (Lipinski definition) is 2. The second-order valence-corrected chi connectivity index (χ2v) is 5.99. The van der Waals surface area contributed by atoms with Crippen LogP contribution in [0, 0.1) is 0 Å². The number of carbonyl (C=O) groups excluding carboxylic acids is 1. The lowest BCUT2D eigenvalue weighted by molar-refractivity contribution is -0.125. The monoisotopic (exact) mass is 306 g/mol. The smallest absolute Gasteiger partial charge is 0.230 e. The number of fused-ring (bicyclic) bond motifs is 1. The highest BCUT2D eigenvalue weighted by Gasteiger charge is 2.30. The van der Waals surface area contributed by atoms with Gasteiger partial charge in [-0.05, 0) is 44.5 Å². The molecule has 2 N–H and O–H groups in total. The Kier molecular flexibility index (Phi) is 5.66. The van der Waals surface area contributed by atoms with Crippen LogP contribution < -0.4 is 20.1 Å². The van der Waals surface area contributed by atoms with E-state index >= 15 is 0 Å². The molecular formula is C17H26N2O3. The SMILES string of the molecule is CCCNCCNC(=O)C(C)(C)c1ccc2c(c1)OCCO2. The van der Waals surface area contributed by atoms with Crippen molar-refractivity contribution >= 4 is 5.91 Å². The fraction of sp³-hybridized carbons (Fsp3) is 0.588. The Labute approximate surface area is 132 Å². The summed E-state index contributed by atoms with van der Waals surface area (Å²) in [5, 5.41) is 6.26. The van der Waals surface area contributed by atoms with Gasteiger partial charge in [0, 0.05) is 13.1 Å². The van der Waals surface area contributed by atoms with Gasteiger partial charge < -0.3 is 20.1 Å². The molecule has 0 saturated heterocycles. The number of carbonyl (C=O) groups is 1. The van der Waals surface area contributed by atoms with Gasteiger partial charge in [-0.3, -0.25) is 4.79 Å². The van der Waals surface area contributed by atoms with E-state index in [1.54, 1.807) is 0 Å². The van der Waals surface area contributed by atoms with Gasteiger partial charge in [0.1, 0.15) is 13.2 Å². The number of rotatable bonds is 7. The van der Waals surface area contributed by atoms with Crippen LogP contribution in [0.3, 0.4) is 0 Å². The predicted octanol–water partition coefficient (Wildman–Crippen LogP) is 1.85. The summed E-state index contributed by atoms with van der Waals surface area (Å²) in [4.78, 5) is 12.5. The van der Waals surface area contributed by atoms with Crippen LogP contribution in [0.15, 0.2) is 18.2 Å². The Balaban J connectivity index is 1.98. The Hall–Kier alpha value is -1.75. The standard InChI is InChI=1S/C17H26N2O3/c1-4-7-18-8-9-19-16(20)17(2,3)13-5-6-14-15(12-13)22-11-10-21-14/h5-6,12,18H,4,7-11H2,1-3H3,(H,19,20). The summed E-state index contributed by atoms with van der Waals surface area (Å²) in [7, 11) is 0. The molecule has 0 aliphatic carbocycles. The number of hydrogen-bond acceptors (Lipinski definition) is 4. The van der Waals surface area contributed by atoms with Gasteiger partial charge >= 0.3 is 0 Å². The van der Waals surface area contributed by atoms with E-state index in [0.717, 1.165) is 30.8 Å². The fourth-order valence-electron chi connectivity index (χ4n) is 2.35. The molecule has 1 amide bonds. The molecule has 0 aromatic heterocycles. The summed E-state index contributed by atoms with van der Waals surface area (Å²) >= 11 is 0. The average molecular weight is 306 g/mol. The van der Waals surface area contributed by atoms with Crippen LogP contribution in [0.5, 0.6) is 11.5 Å². The maximum atomic E-state index is 12.5.